The van der Waals surface area contributed by atoms with Crippen molar-refractivity contribution in [3.8, 4) is 0 Å². The van der Waals surface area contributed by atoms with Crippen molar-refractivity contribution < 1.29 is 9.90 Å². The number of aliphatic carboxylic acids is 1. The van der Waals surface area contributed by atoms with E-state index < -0.39 is 5.97 Å². The van der Waals surface area contributed by atoms with Crippen LogP contribution in [0.15, 0.2) is 6.07 Å². The van der Waals surface area contributed by atoms with Crippen molar-refractivity contribution in [2.75, 3.05) is 0 Å². The van der Waals surface area contributed by atoms with Gasteiger partial charge in [0.15, 0.2) is 0 Å². The zero-order valence-corrected chi connectivity index (χ0v) is 7.38. The number of hydrogen-bond donors (Lipinski definition) is 1. The number of rotatable bonds is 3. The monoisotopic (exact) mass is 188 g/mol. The van der Waals surface area contributed by atoms with Crippen LogP contribution in [0.2, 0.25) is 5.15 Å². The predicted octanol–water partition coefficient (Wildman–Crippen LogP) is 1.09. The molecule has 4 nitrogen and oxygen atoms in total. The molecule has 0 aliphatic rings. The van der Waals surface area contributed by atoms with Gasteiger partial charge in [-0.2, -0.15) is 5.10 Å². The smallest absolute Gasteiger partial charge is 0.303 e. The summed E-state index contributed by atoms with van der Waals surface area (Å²) in [6, 6.07) is 1.67. The van der Waals surface area contributed by atoms with Gasteiger partial charge in [0.05, 0.1) is 12.1 Å². The molecule has 0 atom stereocenters. The highest BCUT2D eigenvalue weighted by atomic mass is 35.5. The van der Waals surface area contributed by atoms with Crippen LogP contribution in [0.1, 0.15) is 12.1 Å². The number of carboxylic acids is 1. The molecule has 0 unspecified atom stereocenters. The number of aryl methyl sites for hydroxylation is 2. The molecule has 0 saturated carbocycles. The first kappa shape index (κ1) is 9.06. The molecule has 0 saturated heterocycles. The van der Waals surface area contributed by atoms with E-state index in [0.717, 1.165) is 0 Å². The number of aromatic nitrogens is 2. The minimum atomic E-state index is -0.822. The Labute approximate surface area is 74.8 Å². The van der Waals surface area contributed by atoms with Gasteiger partial charge in [0.25, 0.3) is 0 Å². The minimum Gasteiger partial charge on any atom is -0.481 e. The van der Waals surface area contributed by atoms with Crippen LogP contribution in [0.3, 0.4) is 0 Å². The summed E-state index contributed by atoms with van der Waals surface area (Å²) in [5.41, 5.74) is 0.713. The zero-order valence-electron chi connectivity index (χ0n) is 6.62. The van der Waals surface area contributed by atoms with Crippen molar-refractivity contribution in [2.45, 2.75) is 12.8 Å². The van der Waals surface area contributed by atoms with Gasteiger partial charge in [-0.25, -0.2) is 0 Å². The van der Waals surface area contributed by atoms with Crippen LogP contribution < -0.4 is 0 Å². The van der Waals surface area contributed by atoms with E-state index in [-0.39, 0.29) is 6.42 Å². The number of hydrogen-bond acceptors (Lipinski definition) is 2. The van der Waals surface area contributed by atoms with Gasteiger partial charge in [0.2, 0.25) is 0 Å². The van der Waals surface area contributed by atoms with Crippen LogP contribution >= 0.6 is 11.6 Å². The molecule has 5 heteroatoms. The van der Waals surface area contributed by atoms with Gasteiger partial charge in [0, 0.05) is 13.5 Å². The molecule has 0 aliphatic carbocycles. The SMILES string of the molecule is Cn1nc(CCC(=O)O)cc1Cl. The summed E-state index contributed by atoms with van der Waals surface area (Å²) < 4.78 is 1.51. The second-order valence-corrected chi connectivity index (χ2v) is 2.86. The first-order valence-electron chi connectivity index (χ1n) is 3.50. The van der Waals surface area contributed by atoms with Crippen molar-refractivity contribution >= 4 is 17.6 Å². The summed E-state index contributed by atoms with van der Waals surface area (Å²) in [5, 5.41) is 12.9. The van der Waals surface area contributed by atoms with Gasteiger partial charge in [0.1, 0.15) is 5.15 Å². The molecule has 1 rings (SSSR count). The lowest BCUT2D eigenvalue weighted by molar-refractivity contribution is -0.136. The Kier molecular flexibility index (Phi) is 2.70. The summed E-state index contributed by atoms with van der Waals surface area (Å²) >= 11 is 5.70. The molecule has 0 bridgehead atoms. The lowest BCUT2D eigenvalue weighted by Gasteiger charge is -1.90. The Morgan fingerprint density at radius 1 is 1.83 bits per heavy atom. The summed E-state index contributed by atoms with van der Waals surface area (Å²) in [4.78, 5) is 10.2. The Bertz CT molecular complexity index is 276. The van der Waals surface area contributed by atoms with Crippen LogP contribution in [-0.2, 0) is 18.3 Å². The van der Waals surface area contributed by atoms with E-state index in [4.69, 9.17) is 16.7 Å². The zero-order chi connectivity index (χ0) is 9.14. The molecule has 66 valence electrons. The fourth-order valence-corrected chi connectivity index (χ4v) is 1.02. The molecule has 1 N–H and O–H groups in total. The van der Waals surface area contributed by atoms with Crippen LogP contribution in [0, 0.1) is 0 Å². The van der Waals surface area contributed by atoms with Crippen molar-refractivity contribution in [1.29, 1.82) is 0 Å². The maximum atomic E-state index is 10.2. The molecule has 1 aromatic heterocycles. The van der Waals surface area contributed by atoms with Gasteiger partial charge >= 0.3 is 5.97 Å². The fourth-order valence-electron chi connectivity index (χ4n) is 0.857. The Morgan fingerprint density at radius 3 is 2.92 bits per heavy atom. The summed E-state index contributed by atoms with van der Waals surface area (Å²) in [7, 11) is 1.71. The lowest BCUT2D eigenvalue weighted by Crippen LogP contribution is -1.98. The third kappa shape index (κ3) is 2.23. The Morgan fingerprint density at radius 2 is 2.50 bits per heavy atom. The normalized spacial score (nSPS) is 10.2. The van der Waals surface area contributed by atoms with Gasteiger partial charge in [-0.05, 0) is 6.07 Å². The molecular formula is C7H9ClN2O2. The van der Waals surface area contributed by atoms with E-state index in [0.29, 0.717) is 17.3 Å². The Balaban J connectivity index is 2.58. The van der Waals surface area contributed by atoms with Crippen molar-refractivity contribution in [3.63, 3.8) is 0 Å². The average Bonchev–Trinajstić information content (AvgIpc) is 2.28. The van der Waals surface area contributed by atoms with Crippen LogP contribution in [0.4, 0.5) is 0 Å². The summed E-state index contributed by atoms with van der Waals surface area (Å²) in [5.74, 6) is -0.822. The Hall–Kier alpha value is -1.03. The van der Waals surface area contributed by atoms with E-state index in [1.54, 1.807) is 13.1 Å². The van der Waals surface area contributed by atoms with Crippen LogP contribution in [0.25, 0.3) is 0 Å². The second-order valence-electron chi connectivity index (χ2n) is 2.48. The minimum absolute atomic E-state index is 0.0906. The maximum absolute atomic E-state index is 10.2. The molecule has 0 amide bonds. The molecule has 0 radical (unpaired) electrons. The van der Waals surface area contributed by atoms with Crippen molar-refractivity contribution in [1.82, 2.24) is 9.78 Å². The van der Waals surface area contributed by atoms with Gasteiger partial charge in [-0.1, -0.05) is 11.6 Å². The van der Waals surface area contributed by atoms with Crippen LogP contribution in [-0.4, -0.2) is 20.9 Å². The van der Waals surface area contributed by atoms with Gasteiger partial charge in [-0.3, -0.25) is 9.48 Å². The van der Waals surface area contributed by atoms with E-state index >= 15 is 0 Å². The molecule has 0 spiro atoms. The summed E-state index contributed by atoms with van der Waals surface area (Å²) in [6.07, 6.45) is 0.517. The quantitative estimate of drug-likeness (QED) is 0.773. The molecule has 1 aromatic rings. The highest BCUT2D eigenvalue weighted by Crippen LogP contribution is 2.10. The third-order valence-corrected chi connectivity index (χ3v) is 1.82. The lowest BCUT2D eigenvalue weighted by atomic mass is 10.2. The van der Waals surface area contributed by atoms with E-state index in [1.807, 2.05) is 0 Å². The van der Waals surface area contributed by atoms with E-state index in [2.05, 4.69) is 5.10 Å². The maximum Gasteiger partial charge on any atom is 0.303 e. The standard InChI is InChI=1S/C7H9ClN2O2/c1-10-6(8)4-5(9-10)2-3-7(11)12/h4H,2-3H2,1H3,(H,11,12). The van der Waals surface area contributed by atoms with E-state index in [1.165, 1.54) is 4.68 Å². The number of halogens is 1. The molecule has 0 aliphatic heterocycles. The fraction of sp³-hybridized carbons (Fsp3) is 0.429. The first-order valence-corrected chi connectivity index (χ1v) is 3.87. The van der Waals surface area contributed by atoms with Gasteiger partial charge in [-0.15, -0.1) is 0 Å². The summed E-state index contributed by atoms with van der Waals surface area (Å²) in [6.45, 7) is 0. The first-order chi connectivity index (χ1) is 5.59. The predicted molar refractivity (Wildman–Crippen MR) is 44.2 cm³/mol. The largest absolute Gasteiger partial charge is 0.481 e. The number of nitrogens with zero attached hydrogens (tertiary/aromatic N) is 2. The molecular weight excluding hydrogens is 180 g/mol. The van der Waals surface area contributed by atoms with Crippen LogP contribution in [0.5, 0.6) is 0 Å². The van der Waals surface area contributed by atoms with Crippen molar-refractivity contribution in [3.05, 3.63) is 16.9 Å². The molecule has 0 fully saturated rings. The third-order valence-electron chi connectivity index (χ3n) is 1.47. The van der Waals surface area contributed by atoms with Gasteiger partial charge < -0.3 is 5.11 Å². The second kappa shape index (κ2) is 3.58. The highest BCUT2D eigenvalue weighted by molar-refractivity contribution is 6.29. The molecule has 0 aromatic carbocycles. The number of carbonyl (C=O) groups is 1. The molecule has 1 heterocycles. The number of carboxylic acid groups (broad SMARTS) is 1. The van der Waals surface area contributed by atoms with Crippen molar-refractivity contribution in [2.24, 2.45) is 7.05 Å². The van der Waals surface area contributed by atoms with E-state index in [9.17, 15) is 4.79 Å². The molecule has 12 heavy (non-hydrogen) atoms. The topological polar surface area (TPSA) is 55.1 Å². The highest BCUT2D eigenvalue weighted by Gasteiger charge is 2.04. The average molecular weight is 189 g/mol.